The fourth-order valence-electron chi connectivity index (χ4n) is 2.88. The highest BCUT2D eigenvalue weighted by molar-refractivity contribution is 7.99. The van der Waals surface area contributed by atoms with Crippen LogP contribution in [0.3, 0.4) is 0 Å². The highest BCUT2D eigenvalue weighted by Gasteiger charge is 2.42. The molecular formula is C17H20N2O7S. The zero-order valence-electron chi connectivity index (χ0n) is 14.4. The molecular weight excluding hydrogens is 376 g/mol. The van der Waals surface area contributed by atoms with E-state index >= 15 is 0 Å². The Hall–Kier alpha value is -2.62. The lowest BCUT2D eigenvalue weighted by Crippen LogP contribution is -2.42. The minimum Gasteiger partial charge on any atom is -0.481 e. The molecule has 2 atom stereocenters. The molecule has 2 N–H and O–H groups in total. The molecule has 0 aromatic heterocycles. The van der Waals surface area contributed by atoms with E-state index in [2.05, 4.69) is 0 Å². The van der Waals surface area contributed by atoms with Crippen molar-refractivity contribution in [2.45, 2.75) is 43.5 Å². The van der Waals surface area contributed by atoms with Gasteiger partial charge in [-0.1, -0.05) is 6.42 Å². The number of benzene rings is 1. The normalized spacial score (nSPS) is 19.0. The number of hydrogen-bond acceptors (Lipinski definition) is 6. The van der Waals surface area contributed by atoms with E-state index in [9.17, 15) is 29.6 Å². The van der Waals surface area contributed by atoms with Crippen molar-refractivity contribution >= 4 is 35.3 Å². The third kappa shape index (κ3) is 5.43. The van der Waals surface area contributed by atoms with Crippen molar-refractivity contribution in [2.24, 2.45) is 0 Å². The number of carboxylic acid groups (broad SMARTS) is 2. The van der Waals surface area contributed by atoms with Crippen LogP contribution in [-0.2, 0) is 14.4 Å². The van der Waals surface area contributed by atoms with Gasteiger partial charge in [0.05, 0.1) is 4.92 Å². The highest BCUT2D eigenvalue weighted by Crippen LogP contribution is 2.42. The molecule has 0 bridgehead atoms. The van der Waals surface area contributed by atoms with E-state index in [1.807, 2.05) is 0 Å². The summed E-state index contributed by atoms with van der Waals surface area (Å²) >= 11 is 1.31. The first-order valence-corrected chi connectivity index (χ1v) is 9.48. The largest absolute Gasteiger partial charge is 0.481 e. The van der Waals surface area contributed by atoms with Crippen LogP contribution < -0.4 is 0 Å². The van der Waals surface area contributed by atoms with Crippen molar-refractivity contribution in [2.75, 3.05) is 5.75 Å². The predicted octanol–water partition coefficient (Wildman–Crippen LogP) is 2.66. The average Bonchev–Trinajstić information content (AvgIpc) is 3.06. The smallest absolute Gasteiger partial charge is 0.327 e. The van der Waals surface area contributed by atoms with Crippen LogP contribution in [0.5, 0.6) is 0 Å². The number of nitro groups is 1. The second-order valence-corrected chi connectivity index (χ2v) is 7.26. The van der Waals surface area contributed by atoms with Gasteiger partial charge < -0.3 is 15.1 Å². The SMILES string of the molecule is O=C(O)CCCCCC(=O)N1C(c2ccc([N+](=O)[O-])cc2)SC[C@H]1C(=O)O. The quantitative estimate of drug-likeness (QED) is 0.369. The number of carbonyl (C=O) groups excluding carboxylic acids is 1. The van der Waals surface area contributed by atoms with E-state index in [0.29, 0.717) is 24.8 Å². The molecule has 1 aliphatic rings. The molecule has 1 fully saturated rings. The molecule has 0 aliphatic carbocycles. The number of rotatable bonds is 9. The number of unbranched alkanes of at least 4 members (excludes halogenated alkanes) is 2. The molecule has 0 saturated carbocycles. The molecule has 10 heteroatoms. The van der Waals surface area contributed by atoms with Gasteiger partial charge in [-0.05, 0) is 30.5 Å². The van der Waals surface area contributed by atoms with E-state index in [4.69, 9.17) is 5.11 Å². The molecule has 1 amide bonds. The summed E-state index contributed by atoms with van der Waals surface area (Å²) < 4.78 is 0. The van der Waals surface area contributed by atoms with Crippen LogP contribution in [0, 0.1) is 10.1 Å². The fourth-order valence-corrected chi connectivity index (χ4v) is 4.32. The van der Waals surface area contributed by atoms with Gasteiger partial charge in [0.25, 0.3) is 5.69 Å². The summed E-state index contributed by atoms with van der Waals surface area (Å²) in [6, 6.07) is 4.78. The van der Waals surface area contributed by atoms with Crippen molar-refractivity contribution in [1.29, 1.82) is 0 Å². The average molecular weight is 396 g/mol. The van der Waals surface area contributed by atoms with Crippen molar-refractivity contribution in [3.05, 3.63) is 39.9 Å². The zero-order chi connectivity index (χ0) is 20.0. The number of nitro benzene ring substituents is 1. The summed E-state index contributed by atoms with van der Waals surface area (Å²) in [5.74, 6) is -2.06. The fraction of sp³-hybridized carbons (Fsp3) is 0.471. The number of aliphatic carboxylic acids is 2. The monoisotopic (exact) mass is 396 g/mol. The van der Waals surface area contributed by atoms with Gasteiger partial charge in [0.1, 0.15) is 11.4 Å². The van der Waals surface area contributed by atoms with Crippen molar-refractivity contribution in [3.63, 3.8) is 0 Å². The zero-order valence-corrected chi connectivity index (χ0v) is 15.3. The third-order valence-corrected chi connectivity index (χ3v) is 5.57. The predicted molar refractivity (Wildman–Crippen MR) is 97.3 cm³/mol. The third-order valence-electron chi connectivity index (χ3n) is 4.24. The van der Waals surface area contributed by atoms with Gasteiger partial charge in [0.2, 0.25) is 5.91 Å². The van der Waals surface area contributed by atoms with Crippen LogP contribution in [0.2, 0.25) is 0 Å². The summed E-state index contributed by atoms with van der Waals surface area (Å²) in [5, 5.41) is 28.3. The van der Waals surface area contributed by atoms with Crippen molar-refractivity contribution in [1.82, 2.24) is 4.90 Å². The standard InChI is InChI=1S/C17H20N2O7S/c20-14(4-2-1-3-5-15(21)22)18-13(17(23)24)10-27-16(18)11-6-8-12(9-7-11)19(25)26/h6-9,13,16H,1-5,10H2,(H,21,22)(H,23,24)/t13-,16?/m0/s1. The molecule has 0 spiro atoms. The summed E-state index contributed by atoms with van der Waals surface area (Å²) in [6.45, 7) is 0. The summed E-state index contributed by atoms with van der Waals surface area (Å²) in [5.41, 5.74) is 0.557. The number of hydrogen-bond donors (Lipinski definition) is 2. The number of amides is 1. The topological polar surface area (TPSA) is 138 Å². The summed E-state index contributed by atoms with van der Waals surface area (Å²) in [4.78, 5) is 46.3. The van der Waals surface area contributed by atoms with Gasteiger partial charge in [-0.15, -0.1) is 11.8 Å². The van der Waals surface area contributed by atoms with E-state index in [0.717, 1.165) is 0 Å². The molecule has 1 unspecified atom stereocenters. The lowest BCUT2D eigenvalue weighted by atomic mass is 10.1. The number of carboxylic acids is 2. The van der Waals surface area contributed by atoms with E-state index in [-0.39, 0.29) is 30.2 Å². The van der Waals surface area contributed by atoms with E-state index in [1.165, 1.54) is 40.9 Å². The maximum absolute atomic E-state index is 12.6. The first-order valence-electron chi connectivity index (χ1n) is 8.43. The minimum absolute atomic E-state index is 0.0386. The molecule has 9 nitrogen and oxygen atoms in total. The molecule has 146 valence electrons. The second kappa shape index (κ2) is 9.36. The van der Waals surface area contributed by atoms with Gasteiger partial charge in [-0.2, -0.15) is 0 Å². The van der Waals surface area contributed by atoms with Crippen LogP contribution in [-0.4, -0.2) is 49.7 Å². The van der Waals surface area contributed by atoms with Crippen LogP contribution in [0.4, 0.5) is 5.69 Å². The maximum atomic E-state index is 12.6. The Bertz CT molecular complexity index is 722. The van der Waals surface area contributed by atoms with E-state index in [1.54, 1.807) is 0 Å². The van der Waals surface area contributed by atoms with Gasteiger partial charge in [-0.25, -0.2) is 4.79 Å². The lowest BCUT2D eigenvalue weighted by Gasteiger charge is -2.27. The second-order valence-electron chi connectivity index (χ2n) is 6.14. The molecule has 0 radical (unpaired) electrons. The van der Waals surface area contributed by atoms with Crippen molar-refractivity contribution in [3.8, 4) is 0 Å². The first-order chi connectivity index (χ1) is 12.8. The molecule has 1 heterocycles. The van der Waals surface area contributed by atoms with Crippen LogP contribution >= 0.6 is 11.8 Å². The molecule has 1 aliphatic heterocycles. The number of carbonyl (C=O) groups is 3. The van der Waals surface area contributed by atoms with Gasteiger partial charge in [0, 0.05) is 30.7 Å². The lowest BCUT2D eigenvalue weighted by molar-refractivity contribution is -0.384. The summed E-state index contributed by atoms with van der Waals surface area (Å²) in [6.07, 6.45) is 1.68. The molecule has 1 saturated heterocycles. The Morgan fingerprint density at radius 3 is 2.30 bits per heavy atom. The Morgan fingerprint density at radius 2 is 1.74 bits per heavy atom. The van der Waals surface area contributed by atoms with E-state index < -0.39 is 28.3 Å². The first kappa shape index (κ1) is 20.7. The molecule has 2 rings (SSSR count). The highest BCUT2D eigenvalue weighted by atomic mass is 32.2. The number of nitrogens with zero attached hydrogens (tertiary/aromatic N) is 2. The molecule has 1 aromatic carbocycles. The molecule has 1 aromatic rings. The van der Waals surface area contributed by atoms with Crippen LogP contribution in [0.15, 0.2) is 24.3 Å². The van der Waals surface area contributed by atoms with Gasteiger partial charge in [0.15, 0.2) is 0 Å². The molecule has 27 heavy (non-hydrogen) atoms. The number of non-ortho nitro benzene ring substituents is 1. The Balaban J connectivity index is 2.07. The Labute approximate surface area is 159 Å². The van der Waals surface area contributed by atoms with Crippen LogP contribution in [0.25, 0.3) is 0 Å². The number of thioether (sulfide) groups is 1. The Morgan fingerprint density at radius 1 is 1.11 bits per heavy atom. The maximum Gasteiger partial charge on any atom is 0.327 e. The van der Waals surface area contributed by atoms with Crippen molar-refractivity contribution < 1.29 is 29.5 Å². The van der Waals surface area contributed by atoms with Gasteiger partial charge >= 0.3 is 11.9 Å². The Kier molecular flexibility index (Phi) is 7.17. The van der Waals surface area contributed by atoms with Crippen LogP contribution in [0.1, 0.15) is 43.0 Å². The van der Waals surface area contributed by atoms with Gasteiger partial charge in [-0.3, -0.25) is 19.7 Å². The summed E-state index contributed by atoms with van der Waals surface area (Å²) in [7, 11) is 0. The minimum atomic E-state index is -1.09.